The average Bonchev–Trinajstić information content (AvgIpc) is 2.05. The van der Waals surface area contributed by atoms with Crippen LogP contribution in [-0.2, 0) is 0 Å². The molecule has 2 N–H and O–H groups in total. The molecule has 0 saturated carbocycles. The number of hydrogen-bond donors (Lipinski definition) is 1. The van der Waals surface area contributed by atoms with Gasteiger partial charge in [-0.15, -0.1) is 0 Å². The molecular weight excluding hydrogens is 148 g/mol. The second kappa shape index (κ2) is 4.10. The summed E-state index contributed by atoms with van der Waals surface area (Å²) in [7, 11) is 0. The van der Waals surface area contributed by atoms with Crippen LogP contribution in [0.3, 0.4) is 0 Å². The number of nitrogen functional groups attached to an aromatic ring is 1. The SMILES string of the molecule is CCCC(C)c1cccnc1N. The molecule has 2 heteroatoms. The van der Waals surface area contributed by atoms with E-state index in [4.69, 9.17) is 5.73 Å². The minimum Gasteiger partial charge on any atom is -0.383 e. The third kappa shape index (κ3) is 1.97. The van der Waals surface area contributed by atoms with Gasteiger partial charge in [0.2, 0.25) is 0 Å². The Hall–Kier alpha value is -1.05. The second-order valence-electron chi connectivity index (χ2n) is 3.17. The van der Waals surface area contributed by atoms with E-state index in [1.54, 1.807) is 6.20 Å². The Morgan fingerprint density at radius 1 is 1.58 bits per heavy atom. The molecular formula is C10H16N2. The first-order chi connectivity index (χ1) is 5.75. The van der Waals surface area contributed by atoms with E-state index in [1.165, 1.54) is 18.4 Å². The van der Waals surface area contributed by atoms with Gasteiger partial charge in [-0.1, -0.05) is 26.3 Å². The Labute approximate surface area is 73.8 Å². The number of aromatic nitrogens is 1. The highest BCUT2D eigenvalue weighted by Gasteiger charge is 2.07. The first-order valence-corrected chi connectivity index (χ1v) is 4.46. The molecule has 0 aliphatic carbocycles. The summed E-state index contributed by atoms with van der Waals surface area (Å²) in [6, 6.07) is 4.00. The van der Waals surface area contributed by atoms with Crippen LogP contribution in [0, 0.1) is 0 Å². The van der Waals surface area contributed by atoms with Crippen LogP contribution in [0.5, 0.6) is 0 Å². The molecule has 2 nitrogen and oxygen atoms in total. The molecule has 12 heavy (non-hydrogen) atoms. The topological polar surface area (TPSA) is 38.9 Å². The summed E-state index contributed by atoms with van der Waals surface area (Å²) in [5, 5.41) is 0. The first-order valence-electron chi connectivity index (χ1n) is 4.46. The van der Waals surface area contributed by atoms with Gasteiger partial charge >= 0.3 is 0 Å². The van der Waals surface area contributed by atoms with E-state index in [9.17, 15) is 0 Å². The summed E-state index contributed by atoms with van der Waals surface area (Å²) in [6.07, 6.45) is 4.10. The second-order valence-corrected chi connectivity index (χ2v) is 3.17. The molecule has 0 radical (unpaired) electrons. The molecule has 0 aliphatic heterocycles. The van der Waals surface area contributed by atoms with Crippen molar-refractivity contribution in [3.63, 3.8) is 0 Å². The summed E-state index contributed by atoms with van der Waals surface area (Å²) in [5.41, 5.74) is 6.92. The van der Waals surface area contributed by atoms with E-state index in [0.29, 0.717) is 11.7 Å². The molecule has 0 bridgehead atoms. The lowest BCUT2D eigenvalue weighted by Gasteiger charge is -2.11. The van der Waals surface area contributed by atoms with Gasteiger partial charge in [0.05, 0.1) is 0 Å². The van der Waals surface area contributed by atoms with Crippen molar-refractivity contribution in [2.45, 2.75) is 32.6 Å². The van der Waals surface area contributed by atoms with Crippen LogP contribution in [0.15, 0.2) is 18.3 Å². The summed E-state index contributed by atoms with van der Waals surface area (Å²) >= 11 is 0. The van der Waals surface area contributed by atoms with Crippen molar-refractivity contribution in [2.24, 2.45) is 0 Å². The number of anilines is 1. The van der Waals surface area contributed by atoms with Gasteiger partial charge in [0, 0.05) is 6.20 Å². The zero-order valence-corrected chi connectivity index (χ0v) is 7.75. The van der Waals surface area contributed by atoms with Crippen LogP contribution in [0.4, 0.5) is 5.82 Å². The normalized spacial score (nSPS) is 12.8. The fourth-order valence-electron chi connectivity index (χ4n) is 1.44. The van der Waals surface area contributed by atoms with E-state index >= 15 is 0 Å². The lowest BCUT2D eigenvalue weighted by atomic mass is 9.97. The van der Waals surface area contributed by atoms with E-state index < -0.39 is 0 Å². The minimum absolute atomic E-state index is 0.531. The van der Waals surface area contributed by atoms with Gasteiger partial charge in [0.25, 0.3) is 0 Å². The molecule has 1 aromatic rings. The number of hydrogen-bond acceptors (Lipinski definition) is 2. The Kier molecular flexibility index (Phi) is 3.09. The maximum absolute atomic E-state index is 5.74. The van der Waals surface area contributed by atoms with Crippen LogP contribution < -0.4 is 5.73 Å². The molecule has 0 spiro atoms. The number of nitrogens with two attached hydrogens (primary N) is 1. The van der Waals surface area contributed by atoms with Crippen molar-refractivity contribution >= 4 is 5.82 Å². The predicted octanol–water partition coefficient (Wildman–Crippen LogP) is 2.57. The molecule has 1 unspecified atom stereocenters. The highest BCUT2D eigenvalue weighted by atomic mass is 14.8. The van der Waals surface area contributed by atoms with Gasteiger partial charge in [-0.3, -0.25) is 0 Å². The molecule has 1 atom stereocenters. The van der Waals surface area contributed by atoms with Gasteiger partial charge in [-0.2, -0.15) is 0 Å². The lowest BCUT2D eigenvalue weighted by molar-refractivity contribution is 0.664. The average molecular weight is 164 g/mol. The first kappa shape index (κ1) is 9.04. The van der Waals surface area contributed by atoms with Gasteiger partial charge in [-0.05, 0) is 24.0 Å². The van der Waals surface area contributed by atoms with Crippen molar-refractivity contribution in [3.05, 3.63) is 23.9 Å². The fourth-order valence-corrected chi connectivity index (χ4v) is 1.44. The van der Waals surface area contributed by atoms with Crippen molar-refractivity contribution in [1.29, 1.82) is 0 Å². The maximum atomic E-state index is 5.74. The highest BCUT2D eigenvalue weighted by Crippen LogP contribution is 2.23. The molecule has 66 valence electrons. The Balaban J connectivity index is 2.79. The number of pyridine rings is 1. The third-order valence-electron chi connectivity index (χ3n) is 2.12. The molecule has 0 aliphatic rings. The van der Waals surface area contributed by atoms with Crippen molar-refractivity contribution < 1.29 is 0 Å². The largest absolute Gasteiger partial charge is 0.383 e. The van der Waals surface area contributed by atoms with Crippen LogP contribution in [0.2, 0.25) is 0 Å². The molecule has 1 rings (SSSR count). The van der Waals surface area contributed by atoms with Gasteiger partial charge in [0.1, 0.15) is 5.82 Å². The lowest BCUT2D eigenvalue weighted by Crippen LogP contribution is -2.00. The maximum Gasteiger partial charge on any atom is 0.126 e. The summed E-state index contributed by atoms with van der Waals surface area (Å²) in [6.45, 7) is 4.37. The van der Waals surface area contributed by atoms with Crippen molar-refractivity contribution in [3.8, 4) is 0 Å². The standard InChI is InChI=1S/C10H16N2/c1-3-5-8(2)9-6-4-7-12-10(9)11/h4,6-8H,3,5H2,1-2H3,(H2,11,12). The van der Waals surface area contributed by atoms with E-state index in [0.717, 1.165) is 0 Å². The minimum atomic E-state index is 0.531. The van der Waals surface area contributed by atoms with Gasteiger partial charge in [-0.25, -0.2) is 4.98 Å². The monoisotopic (exact) mass is 164 g/mol. The zero-order valence-electron chi connectivity index (χ0n) is 7.75. The predicted molar refractivity (Wildman–Crippen MR) is 52.0 cm³/mol. The van der Waals surface area contributed by atoms with Crippen LogP contribution in [0.1, 0.15) is 38.2 Å². The molecule has 0 amide bonds. The number of nitrogens with zero attached hydrogens (tertiary/aromatic N) is 1. The van der Waals surface area contributed by atoms with Gasteiger partial charge in [0.15, 0.2) is 0 Å². The van der Waals surface area contributed by atoms with Crippen LogP contribution in [-0.4, -0.2) is 4.98 Å². The van der Waals surface area contributed by atoms with Gasteiger partial charge < -0.3 is 5.73 Å². The summed E-state index contributed by atoms with van der Waals surface area (Å²) in [5.74, 6) is 1.21. The van der Waals surface area contributed by atoms with Crippen molar-refractivity contribution in [2.75, 3.05) is 5.73 Å². The smallest absolute Gasteiger partial charge is 0.126 e. The van der Waals surface area contributed by atoms with Crippen LogP contribution >= 0.6 is 0 Å². The highest BCUT2D eigenvalue weighted by molar-refractivity contribution is 5.40. The number of rotatable bonds is 3. The Bertz CT molecular complexity index is 245. The Morgan fingerprint density at radius 3 is 2.92 bits per heavy atom. The summed E-state index contributed by atoms with van der Waals surface area (Å²) < 4.78 is 0. The zero-order chi connectivity index (χ0) is 8.97. The fraction of sp³-hybridized carbons (Fsp3) is 0.500. The van der Waals surface area contributed by atoms with E-state index in [1.807, 2.05) is 6.07 Å². The third-order valence-corrected chi connectivity index (χ3v) is 2.12. The quantitative estimate of drug-likeness (QED) is 0.745. The Morgan fingerprint density at radius 2 is 2.33 bits per heavy atom. The van der Waals surface area contributed by atoms with E-state index in [2.05, 4.69) is 24.9 Å². The molecule has 0 aromatic carbocycles. The molecule has 0 saturated heterocycles. The van der Waals surface area contributed by atoms with Crippen molar-refractivity contribution in [1.82, 2.24) is 4.98 Å². The van der Waals surface area contributed by atoms with Crippen LogP contribution in [0.25, 0.3) is 0 Å². The molecule has 1 aromatic heterocycles. The summed E-state index contributed by atoms with van der Waals surface area (Å²) in [4.78, 5) is 4.06. The van der Waals surface area contributed by atoms with E-state index in [-0.39, 0.29) is 0 Å². The molecule has 1 heterocycles. The molecule has 0 fully saturated rings.